The second-order valence-corrected chi connectivity index (χ2v) is 4.98. The SMILES string of the molecule is COCCCNC(=O)NC(C)c1ccc(Cl)cc1Cl. The fourth-order valence-corrected chi connectivity index (χ4v) is 2.17. The second-order valence-electron chi connectivity index (χ2n) is 4.13. The minimum atomic E-state index is -0.227. The van der Waals surface area contributed by atoms with Crippen molar-refractivity contribution in [2.24, 2.45) is 0 Å². The molecule has 19 heavy (non-hydrogen) atoms. The van der Waals surface area contributed by atoms with Gasteiger partial charge >= 0.3 is 6.03 Å². The first-order chi connectivity index (χ1) is 9.04. The van der Waals surface area contributed by atoms with Gasteiger partial charge in [0.2, 0.25) is 0 Å². The Labute approximate surface area is 123 Å². The van der Waals surface area contributed by atoms with Crippen LogP contribution < -0.4 is 10.6 Å². The maximum Gasteiger partial charge on any atom is 0.315 e. The normalized spacial score (nSPS) is 12.0. The number of nitrogens with one attached hydrogen (secondary N) is 2. The molecular weight excluding hydrogens is 287 g/mol. The molecule has 0 fully saturated rings. The molecule has 0 radical (unpaired) electrons. The first-order valence-corrected chi connectivity index (χ1v) is 6.78. The van der Waals surface area contributed by atoms with Crippen molar-refractivity contribution in [2.45, 2.75) is 19.4 Å². The Morgan fingerprint density at radius 2 is 2.16 bits per heavy atom. The Morgan fingerprint density at radius 1 is 1.42 bits per heavy atom. The molecule has 1 aromatic rings. The van der Waals surface area contributed by atoms with Crippen LogP contribution in [0, 0.1) is 0 Å². The van der Waals surface area contributed by atoms with Crippen LogP contribution >= 0.6 is 23.2 Å². The Hall–Kier alpha value is -0.970. The van der Waals surface area contributed by atoms with Crippen molar-refractivity contribution < 1.29 is 9.53 Å². The molecule has 6 heteroatoms. The smallest absolute Gasteiger partial charge is 0.315 e. The second kappa shape index (κ2) is 8.25. The lowest BCUT2D eigenvalue weighted by Crippen LogP contribution is -2.37. The maximum absolute atomic E-state index is 11.6. The number of carbonyl (C=O) groups excluding carboxylic acids is 1. The molecule has 2 amide bonds. The van der Waals surface area contributed by atoms with Crippen molar-refractivity contribution >= 4 is 29.2 Å². The molecule has 1 atom stereocenters. The predicted octanol–water partition coefficient (Wildman–Crippen LogP) is 3.39. The number of halogens is 2. The number of carbonyl (C=O) groups is 1. The van der Waals surface area contributed by atoms with E-state index in [1.165, 1.54) is 0 Å². The largest absolute Gasteiger partial charge is 0.385 e. The van der Waals surface area contributed by atoms with Gasteiger partial charge in [0, 0.05) is 30.3 Å². The highest BCUT2D eigenvalue weighted by Crippen LogP contribution is 2.25. The van der Waals surface area contributed by atoms with Crippen LogP contribution in [0.1, 0.15) is 24.9 Å². The minimum absolute atomic E-state index is 0.188. The number of ether oxygens (including phenoxy) is 1. The van der Waals surface area contributed by atoms with E-state index < -0.39 is 0 Å². The van der Waals surface area contributed by atoms with E-state index in [1.54, 1.807) is 25.3 Å². The predicted molar refractivity (Wildman–Crippen MR) is 77.9 cm³/mol. The average molecular weight is 305 g/mol. The van der Waals surface area contributed by atoms with Gasteiger partial charge in [-0.05, 0) is 31.0 Å². The molecule has 0 aliphatic rings. The molecule has 0 spiro atoms. The van der Waals surface area contributed by atoms with Crippen molar-refractivity contribution in [1.29, 1.82) is 0 Å². The number of rotatable bonds is 6. The van der Waals surface area contributed by atoms with Gasteiger partial charge in [-0.15, -0.1) is 0 Å². The van der Waals surface area contributed by atoms with Gasteiger partial charge in [-0.2, -0.15) is 0 Å². The molecule has 0 saturated heterocycles. The van der Waals surface area contributed by atoms with Crippen molar-refractivity contribution in [2.75, 3.05) is 20.3 Å². The number of hydrogen-bond donors (Lipinski definition) is 2. The third-order valence-electron chi connectivity index (χ3n) is 2.59. The highest BCUT2D eigenvalue weighted by Gasteiger charge is 2.12. The monoisotopic (exact) mass is 304 g/mol. The summed E-state index contributed by atoms with van der Waals surface area (Å²) < 4.78 is 4.90. The first-order valence-electron chi connectivity index (χ1n) is 6.03. The zero-order valence-electron chi connectivity index (χ0n) is 11.0. The van der Waals surface area contributed by atoms with Crippen LogP contribution in [-0.2, 0) is 4.74 Å². The summed E-state index contributed by atoms with van der Waals surface area (Å²) in [4.78, 5) is 11.6. The van der Waals surface area contributed by atoms with E-state index in [0.29, 0.717) is 23.2 Å². The molecule has 1 unspecified atom stereocenters. The van der Waals surface area contributed by atoms with Crippen LogP contribution in [-0.4, -0.2) is 26.3 Å². The average Bonchev–Trinajstić information content (AvgIpc) is 2.34. The molecule has 0 aromatic heterocycles. The lowest BCUT2D eigenvalue weighted by atomic mass is 10.1. The van der Waals surface area contributed by atoms with Gasteiger partial charge in [-0.25, -0.2) is 4.79 Å². The van der Waals surface area contributed by atoms with Crippen LogP contribution in [0.3, 0.4) is 0 Å². The molecule has 0 heterocycles. The Morgan fingerprint density at radius 3 is 2.79 bits per heavy atom. The van der Waals surface area contributed by atoms with Gasteiger partial charge in [-0.3, -0.25) is 0 Å². The van der Waals surface area contributed by atoms with Crippen LogP contribution in [0.2, 0.25) is 10.0 Å². The van der Waals surface area contributed by atoms with Gasteiger partial charge in [0.05, 0.1) is 6.04 Å². The van der Waals surface area contributed by atoms with E-state index >= 15 is 0 Å². The molecule has 0 aliphatic heterocycles. The number of urea groups is 1. The van der Waals surface area contributed by atoms with E-state index in [9.17, 15) is 4.79 Å². The van der Waals surface area contributed by atoms with Gasteiger partial charge in [0.15, 0.2) is 0 Å². The van der Waals surface area contributed by atoms with Crippen molar-refractivity contribution in [3.05, 3.63) is 33.8 Å². The third-order valence-corrected chi connectivity index (χ3v) is 3.15. The summed E-state index contributed by atoms with van der Waals surface area (Å²) >= 11 is 11.9. The molecular formula is C13H18Cl2N2O2. The lowest BCUT2D eigenvalue weighted by molar-refractivity contribution is 0.193. The summed E-state index contributed by atoms with van der Waals surface area (Å²) in [5.41, 5.74) is 0.832. The van der Waals surface area contributed by atoms with E-state index in [-0.39, 0.29) is 12.1 Å². The molecule has 4 nitrogen and oxygen atoms in total. The molecule has 0 saturated carbocycles. The zero-order chi connectivity index (χ0) is 14.3. The number of amides is 2. The number of benzene rings is 1. The van der Waals surface area contributed by atoms with Gasteiger partial charge in [-0.1, -0.05) is 29.3 Å². The van der Waals surface area contributed by atoms with E-state index in [0.717, 1.165) is 12.0 Å². The summed E-state index contributed by atoms with van der Waals surface area (Å²) in [5.74, 6) is 0. The standard InChI is InChI=1S/C13H18Cl2N2O2/c1-9(11-5-4-10(14)8-12(11)15)17-13(18)16-6-3-7-19-2/h4-5,8-9H,3,6-7H2,1-2H3,(H2,16,17,18). The third kappa shape index (κ3) is 5.68. The van der Waals surface area contributed by atoms with E-state index in [4.69, 9.17) is 27.9 Å². The van der Waals surface area contributed by atoms with Crippen molar-refractivity contribution in [1.82, 2.24) is 10.6 Å². The number of methoxy groups -OCH3 is 1. The van der Waals surface area contributed by atoms with E-state index in [1.807, 2.05) is 6.92 Å². The molecule has 2 N–H and O–H groups in total. The fraction of sp³-hybridized carbons (Fsp3) is 0.462. The quantitative estimate of drug-likeness (QED) is 0.792. The minimum Gasteiger partial charge on any atom is -0.385 e. The fourth-order valence-electron chi connectivity index (χ4n) is 1.60. The molecule has 106 valence electrons. The first kappa shape index (κ1) is 16.1. The summed E-state index contributed by atoms with van der Waals surface area (Å²) in [6.07, 6.45) is 0.778. The maximum atomic E-state index is 11.6. The summed E-state index contributed by atoms with van der Waals surface area (Å²) in [6.45, 7) is 3.06. The molecule has 1 aromatic carbocycles. The number of hydrogen-bond acceptors (Lipinski definition) is 2. The van der Waals surface area contributed by atoms with Crippen molar-refractivity contribution in [3.8, 4) is 0 Å². The molecule has 0 bridgehead atoms. The van der Waals surface area contributed by atoms with E-state index in [2.05, 4.69) is 10.6 Å². The Bertz CT molecular complexity index is 427. The van der Waals surface area contributed by atoms with Crippen LogP contribution in [0.4, 0.5) is 4.79 Å². The molecule has 1 rings (SSSR count). The van der Waals surface area contributed by atoms with Crippen molar-refractivity contribution in [3.63, 3.8) is 0 Å². The Balaban J connectivity index is 2.45. The van der Waals surface area contributed by atoms with Crippen LogP contribution in [0.15, 0.2) is 18.2 Å². The highest BCUT2D eigenvalue weighted by atomic mass is 35.5. The molecule has 0 aliphatic carbocycles. The van der Waals surface area contributed by atoms with Gasteiger partial charge in [0.1, 0.15) is 0 Å². The van der Waals surface area contributed by atoms with Crippen LogP contribution in [0.25, 0.3) is 0 Å². The van der Waals surface area contributed by atoms with Crippen LogP contribution in [0.5, 0.6) is 0 Å². The summed E-state index contributed by atoms with van der Waals surface area (Å²) in [5, 5.41) is 6.68. The van der Waals surface area contributed by atoms with Gasteiger partial charge in [0.25, 0.3) is 0 Å². The summed E-state index contributed by atoms with van der Waals surface area (Å²) in [6, 6.07) is 4.80. The lowest BCUT2D eigenvalue weighted by Gasteiger charge is -2.16. The topological polar surface area (TPSA) is 50.4 Å². The highest BCUT2D eigenvalue weighted by molar-refractivity contribution is 6.35. The zero-order valence-corrected chi connectivity index (χ0v) is 12.5. The summed E-state index contributed by atoms with van der Waals surface area (Å²) in [7, 11) is 1.63. The van der Waals surface area contributed by atoms with Gasteiger partial charge < -0.3 is 15.4 Å². The Kier molecular flexibility index (Phi) is 6.99.